The Kier molecular flexibility index (Phi) is 4.59. The van der Waals surface area contributed by atoms with Crippen molar-refractivity contribution in [1.82, 2.24) is 10.3 Å². The van der Waals surface area contributed by atoms with Crippen LogP contribution in [0.2, 0.25) is 0 Å². The monoisotopic (exact) mass is 310 g/mol. The van der Waals surface area contributed by atoms with Crippen LogP contribution >= 0.6 is 0 Å². The van der Waals surface area contributed by atoms with Gasteiger partial charge in [-0.3, -0.25) is 4.79 Å². The molecule has 0 aliphatic heterocycles. The van der Waals surface area contributed by atoms with Crippen molar-refractivity contribution in [2.75, 3.05) is 6.54 Å². The summed E-state index contributed by atoms with van der Waals surface area (Å²) in [5, 5.41) is 12.9. The highest BCUT2D eigenvalue weighted by atomic mass is 16.4. The lowest BCUT2D eigenvalue weighted by Gasteiger charge is -2.01. The molecule has 0 spiro atoms. The second kappa shape index (κ2) is 6.98. The molecule has 2 heterocycles. The van der Waals surface area contributed by atoms with Crippen LogP contribution in [0.3, 0.4) is 0 Å². The van der Waals surface area contributed by atoms with Crippen LogP contribution in [0.5, 0.6) is 0 Å². The first kappa shape index (κ1) is 15.1. The number of carbonyl (C=O) groups is 1. The Balaban J connectivity index is 1.51. The Morgan fingerprint density at radius 3 is 2.96 bits per heavy atom. The Bertz CT molecular complexity index is 830. The average molecular weight is 310 g/mol. The van der Waals surface area contributed by atoms with Gasteiger partial charge in [-0.1, -0.05) is 18.2 Å². The third-order valence-electron chi connectivity index (χ3n) is 3.61. The van der Waals surface area contributed by atoms with Gasteiger partial charge in [0.25, 0.3) is 0 Å². The molecule has 0 aliphatic rings. The molecule has 0 saturated carbocycles. The molecule has 5 nitrogen and oxygen atoms in total. The van der Waals surface area contributed by atoms with E-state index in [9.17, 15) is 4.79 Å². The minimum Gasteiger partial charge on any atom is -0.459 e. The van der Waals surface area contributed by atoms with E-state index in [0.717, 1.165) is 11.9 Å². The number of hydrogen-bond acceptors (Lipinski definition) is 3. The highest BCUT2D eigenvalue weighted by Crippen LogP contribution is 2.17. The molecule has 0 radical (unpaired) electrons. The summed E-state index contributed by atoms with van der Waals surface area (Å²) in [6.07, 6.45) is 5.75. The number of carbonyl (C=O) groups excluding carboxylic acids is 1. The Morgan fingerprint density at radius 2 is 2.13 bits per heavy atom. The summed E-state index contributed by atoms with van der Waals surface area (Å²) in [6.45, 7) is 0.412. The minimum absolute atomic E-state index is 0.148. The van der Waals surface area contributed by atoms with E-state index in [-0.39, 0.29) is 12.5 Å². The number of hydrogen-bond donors (Lipinski definition) is 3. The molecule has 0 unspecified atom stereocenters. The normalized spacial score (nSPS) is 11.3. The minimum atomic E-state index is -0.174. The van der Waals surface area contributed by atoms with Crippen LogP contribution in [-0.4, -0.2) is 22.5 Å². The number of aliphatic hydroxyl groups is 1. The quantitative estimate of drug-likeness (QED) is 0.612. The van der Waals surface area contributed by atoms with E-state index in [2.05, 4.69) is 16.4 Å². The van der Waals surface area contributed by atoms with E-state index in [1.54, 1.807) is 18.2 Å². The topological polar surface area (TPSA) is 78.3 Å². The number of nitrogens with one attached hydrogen (secondary N) is 2. The molecule has 0 bridgehead atoms. The third-order valence-corrected chi connectivity index (χ3v) is 3.61. The molecular weight excluding hydrogens is 292 g/mol. The third kappa shape index (κ3) is 3.70. The number of aromatic amines is 1. The van der Waals surface area contributed by atoms with Crippen molar-refractivity contribution in [3.63, 3.8) is 0 Å². The first-order chi connectivity index (χ1) is 11.3. The molecule has 2 aromatic heterocycles. The summed E-state index contributed by atoms with van der Waals surface area (Å²) >= 11 is 0. The lowest BCUT2D eigenvalue weighted by molar-refractivity contribution is -0.116. The van der Waals surface area contributed by atoms with Crippen LogP contribution in [0.4, 0.5) is 0 Å². The smallest absolute Gasteiger partial charge is 0.244 e. The largest absolute Gasteiger partial charge is 0.459 e. The van der Waals surface area contributed by atoms with Gasteiger partial charge in [0.2, 0.25) is 5.91 Å². The van der Waals surface area contributed by atoms with Crippen LogP contribution in [0.15, 0.2) is 53.1 Å². The predicted molar refractivity (Wildman–Crippen MR) is 88.7 cm³/mol. The van der Waals surface area contributed by atoms with E-state index in [1.807, 2.05) is 24.4 Å². The number of aliphatic hydroxyl groups excluding tert-OH is 1. The second-order valence-electron chi connectivity index (χ2n) is 5.20. The van der Waals surface area contributed by atoms with Gasteiger partial charge in [0.15, 0.2) is 0 Å². The Hall–Kier alpha value is -2.79. The SMILES string of the molecule is O=C(/C=C/c1ccc(CO)o1)NCCc1c[nH]c2ccccc12. The fourth-order valence-electron chi connectivity index (χ4n) is 2.44. The van der Waals surface area contributed by atoms with Crippen molar-refractivity contribution >= 4 is 22.9 Å². The Labute approximate surface area is 133 Å². The van der Waals surface area contributed by atoms with Gasteiger partial charge in [0.1, 0.15) is 18.1 Å². The number of benzene rings is 1. The summed E-state index contributed by atoms with van der Waals surface area (Å²) in [5.74, 6) is 0.844. The molecule has 1 aromatic carbocycles. The van der Waals surface area contributed by atoms with Crippen molar-refractivity contribution in [3.8, 4) is 0 Å². The van der Waals surface area contributed by atoms with Crippen molar-refractivity contribution < 1.29 is 14.3 Å². The first-order valence-corrected chi connectivity index (χ1v) is 7.47. The number of aromatic nitrogens is 1. The summed E-state index contributed by atoms with van der Waals surface area (Å²) in [6, 6.07) is 11.5. The van der Waals surface area contributed by atoms with Crippen molar-refractivity contribution in [3.05, 3.63) is 65.8 Å². The van der Waals surface area contributed by atoms with Gasteiger partial charge in [-0.15, -0.1) is 0 Å². The number of furan rings is 1. The van der Waals surface area contributed by atoms with Crippen LogP contribution < -0.4 is 5.32 Å². The lowest BCUT2D eigenvalue weighted by Crippen LogP contribution is -2.23. The van der Waals surface area contributed by atoms with E-state index in [4.69, 9.17) is 9.52 Å². The highest BCUT2D eigenvalue weighted by molar-refractivity contribution is 5.91. The maximum absolute atomic E-state index is 11.8. The average Bonchev–Trinajstić information content (AvgIpc) is 3.20. The number of H-pyrrole nitrogens is 1. The van der Waals surface area contributed by atoms with Crippen LogP contribution in [0.1, 0.15) is 17.1 Å². The molecule has 5 heteroatoms. The molecule has 1 amide bonds. The molecule has 0 saturated heterocycles. The van der Waals surface area contributed by atoms with Gasteiger partial charge >= 0.3 is 0 Å². The standard InChI is InChI=1S/C18H18N2O3/c21-12-15-6-5-14(23-15)7-8-18(22)19-10-9-13-11-20-17-4-2-1-3-16(13)17/h1-8,11,20-21H,9-10,12H2,(H,19,22)/b8-7+. The number of rotatable bonds is 6. The van der Waals surface area contributed by atoms with Crippen LogP contribution in [0.25, 0.3) is 17.0 Å². The molecule has 0 fully saturated rings. The van der Waals surface area contributed by atoms with Crippen LogP contribution in [0, 0.1) is 0 Å². The maximum atomic E-state index is 11.8. The van der Waals surface area contributed by atoms with Crippen LogP contribution in [-0.2, 0) is 17.8 Å². The molecule has 0 aliphatic carbocycles. The van der Waals surface area contributed by atoms with Crippen molar-refractivity contribution in [2.45, 2.75) is 13.0 Å². The first-order valence-electron chi connectivity index (χ1n) is 7.47. The summed E-state index contributed by atoms with van der Waals surface area (Å²) in [5.41, 5.74) is 2.29. The van der Waals surface area contributed by atoms with Gasteiger partial charge < -0.3 is 19.8 Å². The molecule has 3 aromatic rings. The van der Waals surface area contributed by atoms with Gasteiger partial charge in [-0.25, -0.2) is 0 Å². The molecular formula is C18H18N2O3. The van der Waals surface area contributed by atoms with E-state index >= 15 is 0 Å². The molecule has 0 atom stereocenters. The van der Waals surface area contributed by atoms with E-state index < -0.39 is 0 Å². The number of para-hydroxylation sites is 1. The zero-order valence-electron chi connectivity index (χ0n) is 12.6. The van der Waals surface area contributed by atoms with Gasteiger partial charge in [0, 0.05) is 29.7 Å². The fraction of sp³-hybridized carbons (Fsp3) is 0.167. The molecule has 3 rings (SSSR count). The second-order valence-corrected chi connectivity index (χ2v) is 5.20. The van der Waals surface area contributed by atoms with E-state index in [1.165, 1.54) is 17.0 Å². The summed E-state index contributed by atoms with van der Waals surface area (Å²) < 4.78 is 5.27. The predicted octanol–water partition coefficient (Wildman–Crippen LogP) is 2.63. The maximum Gasteiger partial charge on any atom is 0.244 e. The highest BCUT2D eigenvalue weighted by Gasteiger charge is 2.03. The zero-order chi connectivity index (χ0) is 16.1. The fourth-order valence-corrected chi connectivity index (χ4v) is 2.44. The molecule has 3 N–H and O–H groups in total. The van der Waals surface area contributed by atoms with Crippen molar-refractivity contribution in [2.24, 2.45) is 0 Å². The molecule has 23 heavy (non-hydrogen) atoms. The lowest BCUT2D eigenvalue weighted by atomic mass is 10.1. The van der Waals surface area contributed by atoms with Crippen molar-refractivity contribution in [1.29, 1.82) is 0 Å². The van der Waals surface area contributed by atoms with Gasteiger partial charge in [-0.2, -0.15) is 0 Å². The van der Waals surface area contributed by atoms with E-state index in [0.29, 0.717) is 18.1 Å². The zero-order valence-corrected chi connectivity index (χ0v) is 12.6. The number of fused-ring (bicyclic) bond motifs is 1. The van der Waals surface area contributed by atoms with Gasteiger partial charge in [-0.05, 0) is 36.3 Å². The summed E-state index contributed by atoms with van der Waals surface area (Å²) in [4.78, 5) is 15.0. The molecule has 118 valence electrons. The Morgan fingerprint density at radius 1 is 1.26 bits per heavy atom. The number of amides is 1. The van der Waals surface area contributed by atoms with Gasteiger partial charge in [0.05, 0.1) is 0 Å². The summed E-state index contributed by atoms with van der Waals surface area (Å²) in [7, 11) is 0.